The van der Waals surface area contributed by atoms with E-state index in [-0.39, 0.29) is 17.2 Å². The second-order valence-electron chi connectivity index (χ2n) is 7.81. The molecular formula is C28H27N3OS. The maximum Gasteiger partial charge on any atom is 0.234 e. The van der Waals surface area contributed by atoms with Crippen LogP contribution < -0.4 is 5.32 Å². The van der Waals surface area contributed by atoms with Crippen LogP contribution in [0, 0.1) is 0 Å². The van der Waals surface area contributed by atoms with Crippen molar-refractivity contribution in [3.8, 4) is 22.5 Å². The summed E-state index contributed by atoms with van der Waals surface area (Å²) in [5.41, 5.74) is 4.82. The molecule has 0 aliphatic rings. The zero-order valence-electron chi connectivity index (χ0n) is 18.8. The molecule has 0 fully saturated rings. The molecule has 0 saturated carbocycles. The highest BCUT2D eigenvalue weighted by atomic mass is 32.2. The lowest BCUT2D eigenvalue weighted by molar-refractivity contribution is -0.121. The highest BCUT2D eigenvalue weighted by molar-refractivity contribution is 8.00. The van der Waals surface area contributed by atoms with E-state index in [0.717, 1.165) is 28.1 Å². The summed E-state index contributed by atoms with van der Waals surface area (Å²) < 4.78 is 0. The molecular weight excluding hydrogens is 426 g/mol. The van der Waals surface area contributed by atoms with E-state index < -0.39 is 0 Å². The van der Waals surface area contributed by atoms with E-state index in [0.29, 0.717) is 11.6 Å². The minimum atomic E-state index is -0.286. The third kappa shape index (κ3) is 5.88. The van der Waals surface area contributed by atoms with Crippen LogP contribution in [0.25, 0.3) is 22.5 Å². The number of benzene rings is 3. The van der Waals surface area contributed by atoms with Crippen LogP contribution in [0.5, 0.6) is 0 Å². The minimum absolute atomic E-state index is 0.00571. The molecule has 2 atom stereocenters. The fourth-order valence-corrected chi connectivity index (χ4v) is 4.47. The molecule has 1 aromatic heterocycles. The number of carbonyl (C=O) groups is 1. The van der Waals surface area contributed by atoms with Gasteiger partial charge in [-0.05, 0) is 25.0 Å². The van der Waals surface area contributed by atoms with Crippen molar-refractivity contribution < 1.29 is 4.79 Å². The first-order valence-corrected chi connectivity index (χ1v) is 12.0. The average Bonchev–Trinajstić information content (AvgIpc) is 2.88. The summed E-state index contributed by atoms with van der Waals surface area (Å²) in [6.07, 6.45) is 0.678. The number of aromatic nitrogens is 2. The first kappa shape index (κ1) is 22.7. The molecule has 1 N–H and O–H groups in total. The Morgan fingerprint density at radius 1 is 0.818 bits per heavy atom. The summed E-state index contributed by atoms with van der Waals surface area (Å²) in [5, 5.41) is 3.46. The third-order valence-corrected chi connectivity index (χ3v) is 6.64. The number of nitrogens with zero attached hydrogens (tertiary/aromatic N) is 2. The van der Waals surface area contributed by atoms with Gasteiger partial charge in [0, 0.05) is 11.1 Å². The van der Waals surface area contributed by atoms with Gasteiger partial charge >= 0.3 is 0 Å². The van der Waals surface area contributed by atoms with E-state index in [9.17, 15) is 4.79 Å². The lowest BCUT2D eigenvalue weighted by Crippen LogP contribution is -2.34. The van der Waals surface area contributed by atoms with Crippen molar-refractivity contribution in [2.75, 3.05) is 0 Å². The molecule has 3 aromatic carbocycles. The maximum atomic E-state index is 13.1. The van der Waals surface area contributed by atoms with Crippen molar-refractivity contribution in [1.29, 1.82) is 0 Å². The second kappa shape index (κ2) is 10.9. The smallest absolute Gasteiger partial charge is 0.234 e. The summed E-state index contributed by atoms with van der Waals surface area (Å²) in [4.78, 5) is 22.7. The second-order valence-corrected chi connectivity index (χ2v) is 8.98. The molecule has 0 radical (unpaired) electrons. The Balaban J connectivity index is 1.60. The number of hydrogen-bond donors (Lipinski definition) is 1. The van der Waals surface area contributed by atoms with Crippen LogP contribution in [0.15, 0.2) is 102 Å². The standard InChI is InChI=1S/C28H27N3OS/c1-3-26(27(32)29-20(2)21-13-7-4-8-14-21)33-28-30-24(22-15-9-5-10-16-22)19-25(31-28)23-17-11-6-12-18-23/h4-20,26H,3H2,1-2H3,(H,29,32). The fourth-order valence-electron chi connectivity index (χ4n) is 3.57. The molecule has 4 aromatic rings. The highest BCUT2D eigenvalue weighted by Crippen LogP contribution is 2.30. The topological polar surface area (TPSA) is 54.9 Å². The molecule has 0 saturated heterocycles. The van der Waals surface area contributed by atoms with E-state index in [2.05, 4.69) is 5.32 Å². The van der Waals surface area contributed by atoms with Crippen LogP contribution in [0.1, 0.15) is 31.9 Å². The van der Waals surface area contributed by atoms with E-state index in [1.807, 2.05) is 111 Å². The molecule has 4 nitrogen and oxygen atoms in total. The Labute approximate surface area is 199 Å². The lowest BCUT2D eigenvalue weighted by Gasteiger charge is -2.19. The number of amides is 1. The molecule has 0 bridgehead atoms. The van der Waals surface area contributed by atoms with Crippen LogP contribution in [-0.4, -0.2) is 21.1 Å². The van der Waals surface area contributed by atoms with Crippen molar-refractivity contribution >= 4 is 17.7 Å². The summed E-state index contributed by atoms with van der Waals surface area (Å²) in [6, 6.07) is 32.1. The van der Waals surface area contributed by atoms with Gasteiger partial charge in [-0.25, -0.2) is 9.97 Å². The van der Waals surface area contributed by atoms with Crippen molar-refractivity contribution in [2.24, 2.45) is 0 Å². The Morgan fingerprint density at radius 2 is 1.30 bits per heavy atom. The third-order valence-electron chi connectivity index (χ3n) is 5.41. The molecule has 4 rings (SSSR count). The monoisotopic (exact) mass is 453 g/mol. The van der Waals surface area contributed by atoms with Gasteiger partial charge in [0.15, 0.2) is 5.16 Å². The molecule has 0 aliphatic carbocycles. The zero-order valence-corrected chi connectivity index (χ0v) is 19.6. The van der Waals surface area contributed by atoms with Gasteiger partial charge in [0.25, 0.3) is 0 Å². The number of thioether (sulfide) groups is 1. The highest BCUT2D eigenvalue weighted by Gasteiger charge is 2.22. The Bertz CT molecular complexity index is 1130. The number of nitrogens with one attached hydrogen (secondary N) is 1. The summed E-state index contributed by atoms with van der Waals surface area (Å²) >= 11 is 1.42. The predicted octanol–water partition coefficient (Wildman–Crippen LogP) is 6.56. The quantitative estimate of drug-likeness (QED) is 0.242. The van der Waals surface area contributed by atoms with Gasteiger partial charge in [0.05, 0.1) is 22.7 Å². The van der Waals surface area contributed by atoms with Crippen molar-refractivity contribution in [3.63, 3.8) is 0 Å². The molecule has 0 aliphatic heterocycles. The summed E-state index contributed by atoms with van der Waals surface area (Å²) in [7, 11) is 0. The van der Waals surface area contributed by atoms with Crippen LogP contribution in [0.3, 0.4) is 0 Å². The molecule has 1 amide bonds. The minimum Gasteiger partial charge on any atom is -0.349 e. The van der Waals surface area contributed by atoms with Gasteiger partial charge in [-0.1, -0.05) is 110 Å². The molecule has 2 unspecified atom stereocenters. The van der Waals surface area contributed by atoms with Crippen molar-refractivity contribution in [3.05, 3.63) is 103 Å². The van der Waals surface area contributed by atoms with Gasteiger partial charge in [-0.3, -0.25) is 4.79 Å². The largest absolute Gasteiger partial charge is 0.349 e. The number of hydrogen-bond acceptors (Lipinski definition) is 4. The maximum absolute atomic E-state index is 13.1. The van der Waals surface area contributed by atoms with E-state index in [4.69, 9.17) is 9.97 Å². The van der Waals surface area contributed by atoms with Gasteiger partial charge in [0.2, 0.25) is 5.91 Å². The molecule has 5 heteroatoms. The van der Waals surface area contributed by atoms with Gasteiger partial charge < -0.3 is 5.32 Å². The first-order valence-electron chi connectivity index (χ1n) is 11.2. The van der Waals surface area contributed by atoms with Crippen LogP contribution in [-0.2, 0) is 4.79 Å². The first-order chi connectivity index (χ1) is 16.1. The van der Waals surface area contributed by atoms with Crippen LogP contribution in [0.4, 0.5) is 0 Å². The number of carbonyl (C=O) groups excluding carboxylic acids is 1. The SMILES string of the molecule is CCC(Sc1nc(-c2ccccc2)cc(-c2ccccc2)n1)C(=O)NC(C)c1ccccc1. The Hall–Kier alpha value is -3.44. The number of rotatable bonds is 8. The van der Waals surface area contributed by atoms with Crippen molar-refractivity contribution in [1.82, 2.24) is 15.3 Å². The lowest BCUT2D eigenvalue weighted by atomic mass is 10.1. The average molecular weight is 454 g/mol. The van der Waals surface area contributed by atoms with E-state index in [1.54, 1.807) is 0 Å². The van der Waals surface area contributed by atoms with Crippen LogP contribution in [0.2, 0.25) is 0 Å². The van der Waals surface area contributed by atoms with Gasteiger partial charge in [0.1, 0.15) is 0 Å². The molecule has 1 heterocycles. The van der Waals surface area contributed by atoms with Crippen LogP contribution >= 0.6 is 11.8 Å². The predicted molar refractivity (Wildman–Crippen MR) is 136 cm³/mol. The summed E-state index contributed by atoms with van der Waals surface area (Å²) in [6.45, 7) is 4.02. The zero-order chi connectivity index (χ0) is 23.0. The summed E-state index contributed by atoms with van der Waals surface area (Å²) in [5.74, 6) is -0.00571. The molecule has 0 spiro atoms. The van der Waals surface area contributed by atoms with Gasteiger partial charge in [-0.2, -0.15) is 0 Å². The fraction of sp³-hybridized carbons (Fsp3) is 0.179. The van der Waals surface area contributed by atoms with E-state index >= 15 is 0 Å². The van der Waals surface area contributed by atoms with Gasteiger partial charge in [-0.15, -0.1) is 0 Å². The normalized spacial score (nSPS) is 12.7. The Kier molecular flexibility index (Phi) is 7.53. The van der Waals surface area contributed by atoms with Crippen molar-refractivity contribution in [2.45, 2.75) is 36.7 Å². The Morgan fingerprint density at radius 3 is 1.79 bits per heavy atom. The molecule has 33 heavy (non-hydrogen) atoms. The van der Waals surface area contributed by atoms with E-state index in [1.165, 1.54) is 11.8 Å². The molecule has 166 valence electrons.